The van der Waals surface area contributed by atoms with Crippen LogP contribution in [-0.4, -0.2) is 24.4 Å². The highest BCUT2D eigenvalue weighted by Crippen LogP contribution is 2.24. The van der Waals surface area contributed by atoms with Crippen molar-refractivity contribution in [3.63, 3.8) is 0 Å². The van der Waals surface area contributed by atoms with E-state index < -0.39 is 0 Å². The highest BCUT2D eigenvalue weighted by Gasteiger charge is 2.15. The van der Waals surface area contributed by atoms with Gasteiger partial charge < -0.3 is 14.8 Å². The number of rotatable bonds is 6. The predicted octanol–water partition coefficient (Wildman–Crippen LogP) is 2.79. The normalized spacial score (nSPS) is 11.0. The lowest BCUT2D eigenvalue weighted by atomic mass is 10.2. The lowest BCUT2D eigenvalue weighted by Gasteiger charge is -2.07. The van der Waals surface area contributed by atoms with Crippen molar-refractivity contribution in [3.8, 4) is 11.6 Å². The average Bonchev–Trinajstić information content (AvgIpc) is 3.36. The molecule has 25 heavy (non-hydrogen) atoms. The summed E-state index contributed by atoms with van der Waals surface area (Å²) in [6.45, 7) is 0.781. The van der Waals surface area contributed by atoms with Crippen molar-refractivity contribution < 1.29 is 4.42 Å². The zero-order valence-electron chi connectivity index (χ0n) is 13.3. The molecule has 0 radical (unpaired) electrons. The third-order valence-electron chi connectivity index (χ3n) is 3.73. The molecule has 1 aromatic carbocycles. The largest absolute Gasteiger partial charge is 0.461 e. The van der Waals surface area contributed by atoms with Crippen LogP contribution in [-0.2, 0) is 12.3 Å². The minimum absolute atomic E-state index is 0.500. The van der Waals surface area contributed by atoms with Crippen LogP contribution in [0.25, 0.3) is 11.6 Å². The van der Waals surface area contributed by atoms with Gasteiger partial charge in [-0.3, -0.25) is 0 Å². The molecule has 0 atom stereocenters. The Kier molecular flexibility index (Phi) is 4.26. The number of furan rings is 1. The monoisotopic (exact) mass is 352 g/mol. The van der Waals surface area contributed by atoms with E-state index in [0.29, 0.717) is 22.5 Å². The Morgan fingerprint density at radius 3 is 2.76 bits per heavy atom. The minimum Gasteiger partial charge on any atom is -0.461 e. The molecule has 0 saturated carbocycles. The predicted molar refractivity (Wildman–Crippen MR) is 95.2 cm³/mol. The molecule has 3 aromatic heterocycles. The first kappa shape index (κ1) is 15.5. The Bertz CT molecular complexity index is 945. The van der Waals surface area contributed by atoms with Gasteiger partial charge in [-0.2, -0.15) is 0 Å². The van der Waals surface area contributed by atoms with E-state index in [1.54, 1.807) is 24.6 Å². The van der Waals surface area contributed by atoms with Crippen molar-refractivity contribution in [3.05, 3.63) is 72.5 Å². The van der Waals surface area contributed by atoms with Crippen LogP contribution in [0.1, 0.15) is 11.4 Å². The maximum Gasteiger partial charge on any atom is 0.218 e. The van der Waals surface area contributed by atoms with Crippen LogP contribution in [0.15, 0.2) is 70.7 Å². The number of aromatic nitrogens is 5. The lowest BCUT2D eigenvalue weighted by molar-refractivity contribution is 0.574. The van der Waals surface area contributed by atoms with E-state index in [-0.39, 0.29) is 0 Å². The molecule has 4 aromatic rings. The van der Waals surface area contributed by atoms with Crippen LogP contribution in [0.5, 0.6) is 0 Å². The maximum absolute atomic E-state index is 6.08. The van der Waals surface area contributed by atoms with Gasteiger partial charge >= 0.3 is 0 Å². The molecule has 0 fully saturated rings. The first-order valence-corrected chi connectivity index (χ1v) is 8.71. The quantitative estimate of drug-likeness (QED) is 0.424. The summed E-state index contributed by atoms with van der Waals surface area (Å²) in [5.41, 5.74) is 1.23. The van der Waals surface area contributed by atoms with Gasteiger partial charge in [0.05, 0.1) is 12.0 Å². The van der Waals surface area contributed by atoms with Gasteiger partial charge in [0.15, 0.2) is 5.76 Å². The summed E-state index contributed by atoms with van der Waals surface area (Å²) >= 11 is 1.49. The molecule has 0 spiro atoms. The highest BCUT2D eigenvalue weighted by atomic mass is 32.2. The SMILES string of the molecule is Nn1c(SCc2nccn2Cc2ccccc2)nnc1-c1ccco1. The van der Waals surface area contributed by atoms with Crippen molar-refractivity contribution in [2.45, 2.75) is 17.5 Å². The number of nitrogen functional groups attached to an aromatic ring is 1. The van der Waals surface area contributed by atoms with Crippen molar-refractivity contribution in [1.82, 2.24) is 24.4 Å². The van der Waals surface area contributed by atoms with Crippen LogP contribution in [0, 0.1) is 0 Å². The van der Waals surface area contributed by atoms with Crippen molar-refractivity contribution in [1.29, 1.82) is 0 Å². The molecule has 2 N–H and O–H groups in total. The second kappa shape index (κ2) is 6.86. The zero-order chi connectivity index (χ0) is 17.1. The van der Waals surface area contributed by atoms with E-state index in [1.807, 2.05) is 24.4 Å². The molecule has 4 rings (SSSR count). The highest BCUT2D eigenvalue weighted by molar-refractivity contribution is 7.98. The number of nitrogens with zero attached hydrogens (tertiary/aromatic N) is 5. The van der Waals surface area contributed by atoms with Crippen molar-refractivity contribution in [2.75, 3.05) is 5.84 Å². The van der Waals surface area contributed by atoms with Gasteiger partial charge in [-0.25, -0.2) is 9.66 Å². The molecule has 0 aliphatic rings. The van der Waals surface area contributed by atoms with Crippen molar-refractivity contribution in [2.24, 2.45) is 0 Å². The Labute approximate surface area is 148 Å². The van der Waals surface area contributed by atoms with Crippen LogP contribution in [0.4, 0.5) is 0 Å². The number of imidazole rings is 1. The molecule has 0 unspecified atom stereocenters. The minimum atomic E-state index is 0.500. The van der Waals surface area contributed by atoms with E-state index in [2.05, 4.69) is 31.9 Å². The topological polar surface area (TPSA) is 87.7 Å². The number of hydrogen-bond acceptors (Lipinski definition) is 6. The second-order valence-corrected chi connectivity index (χ2v) is 6.34. The molecular formula is C17H16N6OS. The Hall–Kier alpha value is -3.00. The van der Waals surface area contributed by atoms with Crippen molar-refractivity contribution >= 4 is 11.8 Å². The standard InChI is InChI=1S/C17H16N6OS/c18-23-16(14-7-4-10-24-14)20-21-17(23)25-12-15-19-8-9-22(15)11-13-5-2-1-3-6-13/h1-10H,11-12,18H2. The summed E-state index contributed by atoms with van der Waals surface area (Å²) in [5, 5.41) is 8.84. The van der Waals surface area contributed by atoms with Crippen LogP contribution in [0.2, 0.25) is 0 Å². The number of hydrogen-bond donors (Lipinski definition) is 1. The van der Waals surface area contributed by atoms with Gasteiger partial charge in [-0.05, 0) is 17.7 Å². The third kappa shape index (κ3) is 3.29. The number of nitrogens with two attached hydrogens (primary N) is 1. The van der Waals surface area contributed by atoms with Gasteiger partial charge in [0.25, 0.3) is 0 Å². The molecule has 7 nitrogen and oxygen atoms in total. The maximum atomic E-state index is 6.08. The molecule has 0 bridgehead atoms. The molecule has 126 valence electrons. The molecule has 3 heterocycles. The molecular weight excluding hydrogens is 336 g/mol. The summed E-state index contributed by atoms with van der Waals surface area (Å²) in [4.78, 5) is 4.44. The molecule has 0 saturated heterocycles. The fourth-order valence-electron chi connectivity index (χ4n) is 2.48. The fraction of sp³-hybridized carbons (Fsp3) is 0.118. The van der Waals surface area contributed by atoms with E-state index >= 15 is 0 Å². The number of benzene rings is 1. The van der Waals surface area contributed by atoms with Gasteiger partial charge in [-0.1, -0.05) is 42.1 Å². The first-order valence-electron chi connectivity index (χ1n) is 7.72. The summed E-state index contributed by atoms with van der Waals surface area (Å²) in [6, 6.07) is 13.9. The third-order valence-corrected chi connectivity index (χ3v) is 4.67. The summed E-state index contributed by atoms with van der Waals surface area (Å²) in [6.07, 6.45) is 5.36. The van der Waals surface area contributed by atoms with Crippen LogP contribution < -0.4 is 5.84 Å². The lowest BCUT2D eigenvalue weighted by Crippen LogP contribution is -2.11. The fourth-order valence-corrected chi connectivity index (χ4v) is 3.31. The van der Waals surface area contributed by atoms with Gasteiger partial charge in [0.1, 0.15) is 5.82 Å². The van der Waals surface area contributed by atoms with E-state index in [9.17, 15) is 0 Å². The van der Waals surface area contributed by atoms with E-state index in [4.69, 9.17) is 10.3 Å². The molecule has 0 aliphatic heterocycles. The smallest absolute Gasteiger partial charge is 0.218 e. The van der Waals surface area contributed by atoms with Gasteiger partial charge in [0, 0.05) is 18.9 Å². The number of thioether (sulfide) groups is 1. The van der Waals surface area contributed by atoms with Gasteiger partial charge in [0.2, 0.25) is 11.0 Å². The van der Waals surface area contributed by atoms with E-state index in [1.165, 1.54) is 22.0 Å². The summed E-state index contributed by atoms with van der Waals surface area (Å²) in [7, 11) is 0. The van der Waals surface area contributed by atoms with Gasteiger partial charge in [-0.15, -0.1) is 10.2 Å². The summed E-state index contributed by atoms with van der Waals surface area (Å²) < 4.78 is 8.88. The second-order valence-electron chi connectivity index (χ2n) is 5.40. The average molecular weight is 352 g/mol. The Morgan fingerprint density at radius 1 is 1.08 bits per heavy atom. The molecule has 8 heteroatoms. The molecule has 0 aliphatic carbocycles. The Balaban J connectivity index is 1.47. The summed E-state index contributed by atoms with van der Waals surface area (Å²) in [5.74, 6) is 8.77. The van der Waals surface area contributed by atoms with Crippen LogP contribution >= 0.6 is 11.8 Å². The van der Waals surface area contributed by atoms with Crippen LogP contribution in [0.3, 0.4) is 0 Å². The Morgan fingerprint density at radius 2 is 1.96 bits per heavy atom. The van der Waals surface area contributed by atoms with E-state index in [0.717, 1.165) is 12.4 Å². The molecule has 0 amide bonds. The zero-order valence-corrected chi connectivity index (χ0v) is 14.1. The first-order chi connectivity index (χ1) is 12.3.